The maximum Gasteiger partial charge on any atom is 0.342 e. The molecule has 17 heavy (non-hydrogen) atoms. The van der Waals surface area contributed by atoms with Crippen LogP contribution in [0, 0.1) is 22.0 Å². The summed E-state index contributed by atoms with van der Waals surface area (Å²) < 4.78 is 0. The van der Waals surface area contributed by atoms with Gasteiger partial charge in [-0.25, -0.2) is 4.79 Å². The molecule has 6 nitrogen and oxygen atoms in total. The molecule has 1 aromatic rings. The Morgan fingerprint density at radius 2 is 2.29 bits per heavy atom. The van der Waals surface area contributed by atoms with Gasteiger partial charge in [0, 0.05) is 0 Å². The molecule has 0 unspecified atom stereocenters. The quantitative estimate of drug-likeness (QED) is 0.470. The van der Waals surface area contributed by atoms with E-state index in [2.05, 4.69) is 17.2 Å². The Hall–Kier alpha value is -2.55. The first-order valence-corrected chi connectivity index (χ1v) is 4.72. The van der Waals surface area contributed by atoms with Crippen LogP contribution in [-0.4, -0.2) is 22.5 Å². The minimum absolute atomic E-state index is 0.151. The lowest BCUT2D eigenvalue weighted by molar-refractivity contribution is -0.384. The van der Waals surface area contributed by atoms with Crippen molar-refractivity contribution in [2.75, 3.05) is 11.9 Å². The molecule has 1 rings (SSSR count). The molecule has 0 aromatic heterocycles. The SMILES string of the molecule is CC#CCNc1cccc(C(=O)O)c1[N+](=O)[O-]. The van der Waals surface area contributed by atoms with Crippen LogP contribution in [0.25, 0.3) is 0 Å². The van der Waals surface area contributed by atoms with E-state index in [1.807, 2.05) is 0 Å². The third kappa shape index (κ3) is 2.95. The smallest absolute Gasteiger partial charge is 0.342 e. The van der Waals surface area contributed by atoms with E-state index in [1.54, 1.807) is 6.92 Å². The van der Waals surface area contributed by atoms with Crippen LogP contribution in [0.2, 0.25) is 0 Å². The zero-order valence-corrected chi connectivity index (χ0v) is 9.06. The summed E-state index contributed by atoms with van der Waals surface area (Å²) in [7, 11) is 0. The summed E-state index contributed by atoms with van der Waals surface area (Å²) in [5.41, 5.74) is -0.639. The third-order valence-corrected chi connectivity index (χ3v) is 1.99. The number of benzene rings is 1. The second kappa shape index (κ2) is 5.51. The second-order valence-corrected chi connectivity index (χ2v) is 3.04. The van der Waals surface area contributed by atoms with Gasteiger partial charge in [-0.15, -0.1) is 5.92 Å². The van der Waals surface area contributed by atoms with E-state index in [0.29, 0.717) is 0 Å². The molecule has 6 heteroatoms. The summed E-state index contributed by atoms with van der Waals surface area (Å²) in [6, 6.07) is 4.08. The summed E-state index contributed by atoms with van der Waals surface area (Å²) in [6.07, 6.45) is 0. The number of aromatic carboxylic acids is 1. The van der Waals surface area contributed by atoms with Gasteiger partial charge in [0.25, 0.3) is 0 Å². The number of nitro benzene ring substituents is 1. The lowest BCUT2D eigenvalue weighted by Gasteiger charge is -2.05. The van der Waals surface area contributed by atoms with Crippen molar-refractivity contribution in [3.8, 4) is 11.8 Å². The zero-order chi connectivity index (χ0) is 12.8. The first-order chi connectivity index (χ1) is 8.07. The van der Waals surface area contributed by atoms with Crippen molar-refractivity contribution in [2.24, 2.45) is 0 Å². The van der Waals surface area contributed by atoms with Gasteiger partial charge in [-0.1, -0.05) is 12.0 Å². The monoisotopic (exact) mass is 234 g/mol. The molecule has 2 N–H and O–H groups in total. The summed E-state index contributed by atoms with van der Waals surface area (Å²) >= 11 is 0. The maximum atomic E-state index is 10.8. The summed E-state index contributed by atoms with van der Waals surface area (Å²) in [5.74, 6) is 3.97. The lowest BCUT2D eigenvalue weighted by Crippen LogP contribution is -2.07. The predicted molar refractivity (Wildman–Crippen MR) is 62.0 cm³/mol. The van der Waals surface area contributed by atoms with Gasteiger partial charge in [-0.05, 0) is 19.1 Å². The second-order valence-electron chi connectivity index (χ2n) is 3.04. The Morgan fingerprint density at radius 1 is 1.59 bits per heavy atom. The first-order valence-electron chi connectivity index (χ1n) is 4.72. The number of hydrogen-bond donors (Lipinski definition) is 2. The first kappa shape index (κ1) is 12.5. The number of carboxylic acid groups (broad SMARTS) is 1. The van der Waals surface area contributed by atoms with Crippen molar-refractivity contribution in [1.82, 2.24) is 0 Å². The fourth-order valence-corrected chi connectivity index (χ4v) is 1.28. The summed E-state index contributed by atoms with van der Waals surface area (Å²) in [6.45, 7) is 1.87. The number of nitrogens with zero attached hydrogens (tertiary/aromatic N) is 1. The Morgan fingerprint density at radius 3 is 2.82 bits per heavy atom. The molecule has 0 aliphatic carbocycles. The number of hydrogen-bond acceptors (Lipinski definition) is 4. The van der Waals surface area contributed by atoms with E-state index in [9.17, 15) is 14.9 Å². The number of nitrogens with one attached hydrogen (secondary N) is 1. The fraction of sp³-hybridized carbons (Fsp3) is 0.182. The number of carboxylic acids is 1. The Kier molecular flexibility index (Phi) is 4.06. The Balaban J connectivity index is 3.18. The van der Waals surface area contributed by atoms with E-state index in [4.69, 9.17) is 5.11 Å². The molecule has 0 aliphatic heterocycles. The molecule has 0 saturated carbocycles. The van der Waals surface area contributed by atoms with Crippen LogP contribution in [0.4, 0.5) is 11.4 Å². The lowest BCUT2D eigenvalue weighted by atomic mass is 10.1. The van der Waals surface area contributed by atoms with Crippen molar-refractivity contribution in [2.45, 2.75) is 6.92 Å². The molecule has 1 aromatic carbocycles. The topological polar surface area (TPSA) is 92.5 Å². The van der Waals surface area contributed by atoms with Gasteiger partial charge in [0.1, 0.15) is 11.3 Å². The fourth-order valence-electron chi connectivity index (χ4n) is 1.28. The van der Waals surface area contributed by atoms with Crippen molar-refractivity contribution in [1.29, 1.82) is 0 Å². The number of nitro groups is 1. The average molecular weight is 234 g/mol. The van der Waals surface area contributed by atoms with Crippen LogP contribution in [-0.2, 0) is 0 Å². The minimum Gasteiger partial charge on any atom is -0.477 e. The Labute approximate surface area is 97.4 Å². The highest BCUT2D eigenvalue weighted by Gasteiger charge is 2.23. The van der Waals surface area contributed by atoms with Crippen LogP contribution in [0.1, 0.15) is 17.3 Å². The normalized spacial score (nSPS) is 9.00. The van der Waals surface area contributed by atoms with Gasteiger partial charge in [-0.2, -0.15) is 0 Å². The van der Waals surface area contributed by atoms with Crippen molar-refractivity contribution < 1.29 is 14.8 Å². The van der Waals surface area contributed by atoms with Crippen molar-refractivity contribution >= 4 is 17.3 Å². The van der Waals surface area contributed by atoms with Gasteiger partial charge in [0.05, 0.1) is 11.5 Å². The molecule has 0 atom stereocenters. The van der Waals surface area contributed by atoms with E-state index >= 15 is 0 Å². The van der Waals surface area contributed by atoms with Gasteiger partial charge >= 0.3 is 11.7 Å². The molecule has 0 bridgehead atoms. The molecule has 0 aliphatic rings. The largest absolute Gasteiger partial charge is 0.477 e. The van der Waals surface area contributed by atoms with E-state index in [-0.39, 0.29) is 17.8 Å². The third-order valence-electron chi connectivity index (χ3n) is 1.99. The average Bonchev–Trinajstić information content (AvgIpc) is 2.28. The molecular formula is C11H10N2O4. The number of anilines is 1. The molecule has 0 fully saturated rings. The number of carbonyl (C=O) groups is 1. The zero-order valence-electron chi connectivity index (χ0n) is 9.06. The van der Waals surface area contributed by atoms with Crippen molar-refractivity contribution in [3.63, 3.8) is 0 Å². The molecule has 0 saturated heterocycles. The van der Waals surface area contributed by atoms with Gasteiger partial charge in [0.15, 0.2) is 0 Å². The van der Waals surface area contributed by atoms with Crippen LogP contribution in [0.5, 0.6) is 0 Å². The van der Waals surface area contributed by atoms with Crippen LogP contribution >= 0.6 is 0 Å². The minimum atomic E-state index is -1.33. The van der Waals surface area contributed by atoms with E-state index in [1.165, 1.54) is 18.2 Å². The van der Waals surface area contributed by atoms with Crippen molar-refractivity contribution in [3.05, 3.63) is 33.9 Å². The number of rotatable bonds is 4. The standard InChI is InChI=1S/C11H10N2O4/c1-2-3-7-12-9-6-4-5-8(11(14)15)10(9)13(16)17/h4-6,12H,7H2,1H3,(H,14,15). The van der Waals surface area contributed by atoms with Gasteiger partial charge in [0.2, 0.25) is 0 Å². The van der Waals surface area contributed by atoms with Crippen LogP contribution < -0.4 is 5.32 Å². The molecule has 0 radical (unpaired) electrons. The van der Waals surface area contributed by atoms with Crippen LogP contribution in [0.15, 0.2) is 18.2 Å². The molecule has 0 spiro atoms. The molecule has 0 amide bonds. The Bertz CT molecular complexity index is 514. The maximum absolute atomic E-state index is 10.8. The summed E-state index contributed by atoms with van der Waals surface area (Å²) in [5, 5.41) is 22.4. The van der Waals surface area contributed by atoms with Gasteiger partial charge in [-0.3, -0.25) is 10.1 Å². The highest BCUT2D eigenvalue weighted by Crippen LogP contribution is 2.28. The molecule has 88 valence electrons. The van der Waals surface area contributed by atoms with Gasteiger partial charge < -0.3 is 10.4 Å². The molecular weight excluding hydrogens is 224 g/mol. The molecule has 0 heterocycles. The number of para-hydroxylation sites is 1. The summed E-state index contributed by atoms with van der Waals surface area (Å²) in [4.78, 5) is 21.0. The highest BCUT2D eigenvalue weighted by molar-refractivity contribution is 5.95. The predicted octanol–water partition coefficient (Wildman–Crippen LogP) is 1.73. The highest BCUT2D eigenvalue weighted by atomic mass is 16.6. The van der Waals surface area contributed by atoms with E-state index in [0.717, 1.165) is 0 Å². The van der Waals surface area contributed by atoms with Crippen LogP contribution in [0.3, 0.4) is 0 Å². The van der Waals surface area contributed by atoms with E-state index < -0.39 is 16.6 Å².